The summed E-state index contributed by atoms with van der Waals surface area (Å²) in [7, 11) is -3.36. The number of aromatic nitrogens is 1. The van der Waals surface area contributed by atoms with E-state index in [1.54, 1.807) is 24.3 Å². The third kappa shape index (κ3) is 5.24. The highest BCUT2D eigenvalue weighted by Gasteiger charge is 2.31. The van der Waals surface area contributed by atoms with Gasteiger partial charge in [0.1, 0.15) is 5.82 Å². The van der Waals surface area contributed by atoms with Crippen molar-refractivity contribution in [3.8, 4) is 0 Å². The molecular weight excluding hydrogens is 459 g/mol. The first-order chi connectivity index (χ1) is 13.1. The molecule has 2 heterocycles. The van der Waals surface area contributed by atoms with Crippen LogP contribution in [0.1, 0.15) is 5.56 Å². The van der Waals surface area contributed by atoms with E-state index in [4.69, 9.17) is 0 Å². The first kappa shape index (κ1) is 21.1. The molecule has 2 aromatic rings. The number of halogens is 4. The molecule has 0 radical (unpaired) electrons. The number of sulfone groups is 1. The molecule has 0 aliphatic carbocycles. The largest absolute Gasteiger partial charge is 0.417 e. The Hall–Kier alpha value is -1.65. The molecule has 0 unspecified atom stereocenters. The van der Waals surface area contributed by atoms with Gasteiger partial charge in [-0.2, -0.15) is 13.2 Å². The van der Waals surface area contributed by atoms with Gasteiger partial charge >= 0.3 is 6.18 Å². The van der Waals surface area contributed by atoms with Gasteiger partial charge in [-0.3, -0.25) is 4.90 Å². The molecule has 1 aromatic heterocycles. The van der Waals surface area contributed by atoms with Crippen LogP contribution in [-0.2, 0) is 16.0 Å². The number of hydrogen-bond donors (Lipinski definition) is 0. The molecule has 1 saturated heterocycles. The van der Waals surface area contributed by atoms with Gasteiger partial charge in [0.05, 0.1) is 16.2 Å². The minimum Gasteiger partial charge on any atom is -0.354 e. The second kappa shape index (κ2) is 8.38. The van der Waals surface area contributed by atoms with Crippen molar-refractivity contribution in [1.29, 1.82) is 0 Å². The van der Waals surface area contributed by atoms with Crippen LogP contribution in [0.2, 0.25) is 0 Å². The standard InChI is InChI=1S/C18H19BrF3N3O2S/c19-15-2-4-16(5-3-15)28(26,27)12-11-24-7-9-25(10-8-24)17-6-1-14(13-23-17)18(20,21)22/h1-6,13H,7-12H2. The number of benzene rings is 1. The molecular formula is C18H19BrF3N3O2S. The zero-order valence-electron chi connectivity index (χ0n) is 14.9. The molecule has 0 bridgehead atoms. The minimum absolute atomic E-state index is 0.0210. The molecule has 28 heavy (non-hydrogen) atoms. The number of alkyl halides is 3. The van der Waals surface area contributed by atoms with Crippen molar-refractivity contribution in [2.75, 3.05) is 43.4 Å². The topological polar surface area (TPSA) is 53.5 Å². The summed E-state index contributed by atoms with van der Waals surface area (Å²) >= 11 is 3.28. The summed E-state index contributed by atoms with van der Waals surface area (Å²) in [6.07, 6.45) is -3.56. The smallest absolute Gasteiger partial charge is 0.354 e. The van der Waals surface area contributed by atoms with Crippen molar-refractivity contribution in [2.24, 2.45) is 0 Å². The Labute approximate surface area is 170 Å². The van der Waals surface area contributed by atoms with E-state index < -0.39 is 21.6 Å². The molecule has 0 amide bonds. The van der Waals surface area contributed by atoms with Gasteiger partial charge in [-0.05, 0) is 36.4 Å². The second-order valence-corrected chi connectivity index (χ2v) is 9.53. The summed E-state index contributed by atoms with van der Waals surface area (Å²) in [5.74, 6) is 0.516. The van der Waals surface area contributed by atoms with E-state index in [1.165, 1.54) is 6.07 Å². The maximum atomic E-state index is 12.6. The molecule has 152 valence electrons. The van der Waals surface area contributed by atoms with Crippen LogP contribution >= 0.6 is 15.9 Å². The number of hydrogen-bond acceptors (Lipinski definition) is 5. The maximum Gasteiger partial charge on any atom is 0.417 e. The quantitative estimate of drug-likeness (QED) is 0.659. The van der Waals surface area contributed by atoms with Crippen LogP contribution in [0.3, 0.4) is 0 Å². The highest BCUT2D eigenvalue weighted by molar-refractivity contribution is 9.10. The molecule has 1 fully saturated rings. The molecule has 5 nitrogen and oxygen atoms in total. The first-order valence-electron chi connectivity index (χ1n) is 8.64. The van der Waals surface area contributed by atoms with E-state index in [0.29, 0.717) is 43.4 Å². The Bertz CT molecular complexity index is 895. The number of piperazine rings is 1. The van der Waals surface area contributed by atoms with E-state index in [2.05, 4.69) is 20.9 Å². The lowest BCUT2D eigenvalue weighted by Gasteiger charge is -2.35. The van der Waals surface area contributed by atoms with E-state index >= 15 is 0 Å². The van der Waals surface area contributed by atoms with Gasteiger partial charge in [0.25, 0.3) is 0 Å². The normalized spacial score (nSPS) is 16.4. The van der Waals surface area contributed by atoms with E-state index in [1.807, 2.05) is 9.80 Å². The van der Waals surface area contributed by atoms with Crippen LogP contribution in [-0.4, -0.2) is 56.8 Å². The summed E-state index contributed by atoms with van der Waals surface area (Å²) in [4.78, 5) is 8.15. The first-order valence-corrected chi connectivity index (χ1v) is 11.1. The molecule has 3 rings (SSSR count). The molecule has 10 heteroatoms. The Morgan fingerprint density at radius 1 is 1.00 bits per heavy atom. The van der Waals surface area contributed by atoms with Crippen LogP contribution in [0.5, 0.6) is 0 Å². The number of nitrogens with zero attached hydrogens (tertiary/aromatic N) is 3. The van der Waals surface area contributed by atoms with Gasteiger partial charge in [0, 0.05) is 43.4 Å². The zero-order chi connectivity index (χ0) is 20.4. The Morgan fingerprint density at radius 3 is 2.18 bits per heavy atom. The van der Waals surface area contributed by atoms with Crippen LogP contribution < -0.4 is 4.90 Å². The Morgan fingerprint density at radius 2 is 1.64 bits per heavy atom. The van der Waals surface area contributed by atoms with Gasteiger partial charge in [-0.15, -0.1) is 0 Å². The van der Waals surface area contributed by atoms with Gasteiger partial charge in [0.2, 0.25) is 0 Å². The van der Waals surface area contributed by atoms with Crippen LogP contribution in [0.15, 0.2) is 52.0 Å². The van der Waals surface area contributed by atoms with E-state index in [0.717, 1.165) is 16.7 Å². The van der Waals surface area contributed by atoms with Crippen LogP contribution in [0.25, 0.3) is 0 Å². The number of anilines is 1. The van der Waals surface area contributed by atoms with E-state index in [9.17, 15) is 21.6 Å². The van der Waals surface area contributed by atoms with Crippen molar-refractivity contribution in [3.05, 3.63) is 52.6 Å². The Kier molecular flexibility index (Phi) is 6.31. The van der Waals surface area contributed by atoms with Gasteiger partial charge in [0.15, 0.2) is 9.84 Å². The SMILES string of the molecule is O=S(=O)(CCN1CCN(c2ccc(C(F)(F)F)cn2)CC1)c1ccc(Br)cc1. The van der Waals surface area contributed by atoms with Gasteiger partial charge in [-0.1, -0.05) is 15.9 Å². The fraction of sp³-hybridized carbons (Fsp3) is 0.389. The van der Waals surface area contributed by atoms with Crippen LogP contribution in [0, 0.1) is 0 Å². The highest BCUT2D eigenvalue weighted by Crippen LogP contribution is 2.29. The lowest BCUT2D eigenvalue weighted by molar-refractivity contribution is -0.137. The molecule has 0 atom stereocenters. The molecule has 1 aliphatic heterocycles. The summed E-state index contributed by atoms with van der Waals surface area (Å²) < 4.78 is 63.6. The summed E-state index contributed by atoms with van der Waals surface area (Å²) in [6, 6.07) is 8.95. The predicted octanol–water partition coefficient (Wildman–Crippen LogP) is 3.46. The lowest BCUT2D eigenvalue weighted by Crippen LogP contribution is -2.47. The molecule has 0 saturated carbocycles. The van der Waals surface area contributed by atoms with Gasteiger partial charge < -0.3 is 4.90 Å². The number of rotatable bonds is 5. The lowest BCUT2D eigenvalue weighted by atomic mass is 10.2. The fourth-order valence-corrected chi connectivity index (χ4v) is 4.50. The zero-order valence-corrected chi connectivity index (χ0v) is 17.3. The molecule has 0 N–H and O–H groups in total. The molecule has 1 aliphatic rings. The third-order valence-corrected chi connectivity index (χ3v) is 6.86. The van der Waals surface area contributed by atoms with Crippen LogP contribution in [0.4, 0.5) is 19.0 Å². The van der Waals surface area contributed by atoms with Crippen molar-refractivity contribution in [2.45, 2.75) is 11.1 Å². The van der Waals surface area contributed by atoms with Crippen molar-refractivity contribution < 1.29 is 21.6 Å². The second-order valence-electron chi connectivity index (χ2n) is 6.50. The van der Waals surface area contributed by atoms with Crippen molar-refractivity contribution in [1.82, 2.24) is 9.88 Å². The molecule has 1 aromatic carbocycles. The average molecular weight is 478 g/mol. The minimum atomic E-state index is -4.40. The summed E-state index contributed by atoms with van der Waals surface area (Å²) in [6.45, 7) is 2.82. The summed E-state index contributed by atoms with van der Waals surface area (Å²) in [5.41, 5.74) is -0.770. The monoisotopic (exact) mass is 477 g/mol. The third-order valence-electron chi connectivity index (χ3n) is 4.62. The number of pyridine rings is 1. The fourth-order valence-electron chi connectivity index (χ4n) is 2.95. The average Bonchev–Trinajstić information content (AvgIpc) is 2.67. The maximum absolute atomic E-state index is 12.6. The predicted molar refractivity (Wildman–Crippen MR) is 104 cm³/mol. The van der Waals surface area contributed by atoms with Crippen molar-refractivity contribution >= 4 is 31.6 Å². The van der Waals surface area contributed by atoms with Gasteiger partial charge in [-0.25, -0.2) is 13.4 Å². The Balaban J connectivity index is 1.52. The van der Waals surface area contributed by atoms with Crippen molar-refractivity contribution in [3.63, 3.8) is 0 Å². The summed E-state index contributed by atoms with van der Waals surface area (Å²) in [5, 5.41) is 0. The molecule has 0 spiro atoms. The highest BCUT2D eigenvalue weighted by atomic mass is 79.9. The van der Waals surface area contributed by atoms with E-state index in [-0.39, 0.29) is 5.75 Å².